The molecule has 2 aliphatic rings. The Kier molecular flexibility index (Phi) is 5.45. The Morgan fingerprint density at radius 3 is 2.73 bits per heavy atom. The van der Waals surface area contributed by atoms with Gasteiger partial charge in [0.2, 0.25) is 0 Å². The van der Waals surface area contributed by atoms with Crippen molar-refractivity contribution < 1.29 is 19.1 Å². The van der Waals surface area contributed by atoms with Crippen LogP contribution in [-0.2, 0) is 14.3 Å². The molecule has 0 aromatic rings. The van der Waals surface area contributed by atoms with E-state index < -0.39 is 18.4 Å². The summed E-state index contributed by atoms with van der Waals surface area (Å²) in [5.74, 6) is 0.134. The molecule has 1 amide bonds. The van der Waals surface area contributed by atoms with Crippen LogP contribution < -0.4 is 0 Å². The zero-order valence-corrected chi connectivity index (χ0v) is 17.1. The number of ether oxygens (including phenoxy) is 2. The Labute approximate surface area is 136 Å². The van der Waals surface area contributed by atoms with E-state index in [1.165, 1.54) is 17.1 Å². The minimum absolute atomic E-state index is 0.0121. The first-order valence-electron chi connectivity index (χ1n) is 7.90. The molecule has 0 unspecified atom stereocenters. The van der Waals surface area contributed by atoms with Gasteiger partial charge < -0.3 is 0 Å². The van der Waals surface area contributed by atoms with Crippen LogP contribution in [0.2, 0.25) is 19.3 Å². The molecule has 2 aliphatic heterocycles. The molecule has 0 aliphatic carbocycles. The van der Waals surface area contributed by atoms with Crippen LogP contribution in [0.15, 0.2) is 11.6 Å². The molecular formula is C16H27NO4Sn. The number of esters is 1. The van der Waals surface area contributed by atoms with Crippen molar-refractivity contribution in [3.8, 4) is 0 Å². The molecule has 2 fully saturated rings. The standard InChI is InChI=1S/C13H18NO4.3CH3.Sn/c1-4-8(2)10-6-14-11(7-18-13(14)16)9(10)5-12(15)17-3;;;;/h4,9-11H,1,5-7H2,2-3H3;3*1H3;/b8-4+;;;;/t9-,10-,11+;;;;/m0..../s1. The number of carbonyl (C=O) groups is 2. The van der Waals surface area contributed by atoms with Gasteiger partial charge >= 0.3 is 137 Å². The average Bonchev–Trinajstić information content (AvgIpc) is 2.97. The number of hydrogen-bond donors (Lipinski definition) is 0. The Morgan fingerprint density at radius 1 is 1.45 bits per heavy atom. The van der Waals surface area contributed by atoms with E-state index in [0.29, 0.717) is 19.6 Å². The molecule has 0 radical (unpaired) electrons. The van der Waals surface area contributed by atoms with Gasteiger partial charge in [-0.1, -0.05) is 0 Å². The van der Waals surface area contributed by atoms with Gasteiger partial charge in [0, 0.05) is 0 Å². The van der Waals surface area contributed by atoms with Gasteiger partial charge in [-0.25, -0.2) is 0 Å². The average molecular weight is 416 g/mol. The van der Waals surface area contributed by atoms with Gasteiger partial charge in [0.05, 0.1) is 0 Å². The van der Waals surface area contributed by atoms with Crippen LogP contribution in [0.3, 0.4) is 0 Å². The number of carbonyl (C=O) groups excluding carboxylic acids is 2. The summed E-state index contributed by atoms with van der Waals surface area (Å²) in [7, 11) is 1.41. The zero-order chi connectivity index (χ0) is 16.5. The molecule has 6 heteroatoms. The molecule has 5 nitrogen and oxygen atoms in total. The van der Waals surface area contributed by atoms with Crippen LogP contribution >= 0.6 is 0 Å². The number of cyclic esters (lactones) is 1. The van der Waals surface area contributed by atoms with E-state index in [-0.39, 0.29) is 29.9 Å². The fourth-order valence-electron chi connectivity index (χ4n) is 3.30. The third kappa shape index (κ3) is 3.97. The van der Waals surface area contributed by atoms with Crippen LogP contribution in [0.4, 0.5) is 4.79 Å². The Bertz CT molecular complexity index is 483. The Hall–Kier alpha value is -0.721. The van der Waals surface area contributed by atoms with E-state index in [1.807, 2.05) is 0 Å². The number of hydrogen-bond acceptors (Lipinski definition) is 4. The predicted octanol–water partition coefficient (Wildman–Crippen LogP) is 2.90. The number of allylic oxidation sites excluding steroid dienone is 1. The van der Waals surface area contributed by atoms with E-state index in [2.05, 4.69) is 27.8 Å². The van der Waals surface area contributed by atoms with Crippen molar-refractivity contribution in [2.45, 2.75) is 38.6 Å². The fourth-order valence-corrected chi connectivity index (χ4v) is 5.97. The number of nitrogens with zero attached hydrogens (tertiary/aromatic N) is 1. The van der Waals surface area contributed by atoms with Gasteiger partial charge in [0.1, 0.15) is 0 Å². The number of methoxy groups -OCH3 is 1. The van der Waals surface area contributed by atoms with Gasteiger partial charge in [0.25, 0.3) is 0 Å². The molecule has 2 heterocycles. The monoisotopic (exact) mass is 417 g/mol. The summed E-state index contributed by atoms with van der Waals surface area (Å²) in [5, 5.41) is 0. The summed E-state index contributed by atoms with van der Waals surface area (Å²) in [6.45, 7) is 3.19. The molecule has 0 spiro atoms. The number of fused-ring (bicyclic) bond motifs is 1. The molecule has 0 bridgehead atoms. The second kappa shape index (κ2) is 6.81. The minimum atomic E-state index is -1.85. The first kappa shape index (κ1) is 17.6. The number of rotatable bonds is 5. The third-order valence-corrected chi connectivity index (χ3v) is 8.75. The van der Waals surface area contributed by atoms with Crippen molar-refractivity contribution in [2.75, 3.05) is 20.3 Å². The summed E-state index contributed by atoms with van der Waals surface area (Å²) >= 11 is -1.85. The van der Waals surface area contributed by atoms with Gasteiger partial charge in [-0.05, 0) is 0 Å². The van der Waals surface area contributed by atoms with Gasteiger partial charge in [-0.15, -0.1) is 0 Å². The quantitative estimate of drug-likeness (QED) is 0.393. The predicted molar refractivity (Wildman–Crippen MR) is 87.4 cm³/mol. The first-order valence-corrected chi connectivity index (χ1v) is 18.5. The molecule has 0 N–H and O–H groups in total. The van der Waals surface area contributed by atoms with Crippen LogP contribution in [0.5, 0.6) is 0 Å². The zero-order valence-electron chi connectivity index (χ0n) is 14.2. The van der Waals surface area contributed by atoms with E-state index >= 15 is 0 Å². The van der Waals surface area contributed by atoms with Crippen LogP contribution in [-0.4, -0.2) is 61.6 Å². The van der Waals surface area contributed by atoms with Crippen molar-refractivity contribution in [2.24, 2.45) is 11.8 Å². The summed E-state index contributed by atoms with van der Waals surface area (Å²) in [6.07, 6.45) is 2.45. The van der Waals surface area contributed by atoms with E-state index in [0.717, 1.165) is 0 Å². The van der Waals surface area contributed by atoms with Crippen LogP contribution in [0.1, 0.15) is 13.3 Å². The van der Waals surface area contributed by atoms with E-state index in [9.17, 15) is 9.59 Å². The van der Waals surface area contributed by atoms with Gasteiger partial charge in [-0.2, -0.15) is 0 Å². The molecule has 2 saturated heterocycles. The van der Waals surface area contributed by atoms with Crippen LogP contribution in [0.25, 0.3) is 0 Å². The summed E-state index contributed by atoms with van der Waals surface area (Å²) < 4.78 is 11.2. The molecule has 124 valence electrons. The van der Waals surface area contributed by atoms with Crippen molar-refractivity contribution in [3.05, 3.63) is 11.6 Å². The molecule has 2 rings (SSSR count). The summed E-state index contributed by atoms with van der Waals surface area (Å²) in [4.78, 5) is 32.6. The number of amides is 1. The van der Waals surface area contributed by atoms with Crippen LogP contribution in [0, 0.1) is 11.8 Å². The maximum atomic E-state index is 11.8. The molecule has 0 aromatic heterocycles. The Balaban J connectivity index is 2.16. The van der Waals surface area contributed by atoms with Crippen molar-refractivity contribution in [1.29, 1.82) is 0 Å². The normalized spacial score (nSPS) is 28.6. The third-order valence-electron chi connectivity index (χ3n) is 4.67. The molecule has 0 aromatic carbocycles. The maximum absolute atomic E-state index is 11.8. The molecule has 22 heavy (non-hydrogen) atoms. The second-order valence-corrected chi connectivity index (χ2v) is 23.3. The Morgan fingerprint density at radius 2 is 2.14 bits per heavy atom. The molecule has 3 atom stereocenters. The fraction of sp³-hybridized carbons (Fsp3) is 0.750. The van der Waals surface area contributed by atoms with Crippen molar-refractivity contribution in [1.82, 2.24) is 4.90 Å². The van der Waals surface area contributed by atoms with Crippen molar-refractivity contribution in [3.63, 3.8) is 0 Å². The van der Waals surface area contributed by atoms with Gasteiger partial charge in [-0.3, -0.25) is 0 Å². The second-order valence-electron chi connectivity index (χ2n) is 7.56. The van der Waals surface area contributed by atoms with E-state index in [1.54, 1.807) is 4.90 Å². The summed E-state index contributed by atoms with van der Waals surface area (Å²) in [6, 6.07) is 0.0121. The molecule has 0 saturated carbocycles. The topological polar surface area (TPSA) is 55.8 Å². The van der Waals surface area contributed by atoms with Crippen molar-refractivity contribution >= 4 is 30.4 Å². The molecular weight excluding hydrogens is 389 g/mol. The van der Waals surface area contributed by atoms with Gasteiger partial charge in [0.15, 0.2) is 0 Å². The summed E-state index contributed by atoms with van der Waals surface area (Å²) in [5.41, 5.74) is 1.31. The van der Waals surface area contributed by atoms with E-state index in [4.69, 9.17) is 9.47 Å². The SMILES string of the molecule is COC(=O)C[C@@H]1[C@H]2COC(=O)N2C[C@H]1/C(C)=C/[CH2][Sn]([CH3])([CH3])[CH3]. The first-order chi connectivity index (χ1) is 10.2.